The smallest absolute Gasteiger partial charge is 0.0355 e. The van der Waals surface area contributed by atoms with E-state index in [0.29, 0.717) is 6.04 Å². The first-order chi connectivity index (χ1) is 9.83. The average Bonchev–Trinajstić information content (AvgIpc) is 2.83. The molecule has 3 aliphatic rings. The first-order valence-corrected chi connectivity index (χ1v) is 8.58. The summed E-state index contributed by atoms with van der Waals surface area (Å²) in [6.07, 6.45) is 2.52. The van der Waals surface area contributed by atoms with E-state index in [4.69, 9.17) is 0 Å². The Morgan fingerprint density at radius 2 is 1.80 bits per heavy atom. The summed E-state index contributed by atoms with van der Waals surface area (Å²) in [4.78, 5) is 5.38. The third-order valence-electron chi connectivity index (χ3n) is 5.25. The predicted molar refractivity (Wildman–Crippen MR) is 85.0 cm³/mol. The molecule has 108 valence electrons. The molecule has 2 heterocycles. The highest BCUT2D eigenvalue weighted by atomic mass is 79.9. The number of halogens is 1. The van der Waals surface area contributed by atoms with Gasteiger partial charge in [0.2, 0.25) is 0 Å². The second-order valence-corrected chi connectivity index (χ2v) is 7.10. The fourth-order valence-corrected chi connectivity index (χ4v) is 4.49. The van der Waals surface area contributed by atoms with Crippen LogP contribution in [0.15, 0.2) is 22.7 Å². The summed E-state index contributed by atoms with van der Waals surface area (Å²) in [6.45, 7) is 7.33. The highest BCUT2D eigenvalue weighted by molar-refractivity contribution is 9.10. The molecule has 4 rings (SSSR count). The zero-order chi connectivity index (χ0) is 13.5. The lowest BCUT2D eigenvalue weighted by molar-refractivity contribution is 0.0515. The Morgan fingerprint density at radius 3 is 2.50 bits per heavy atom. The van der Waals surface area contributed by atoms with E-state index in [1.54, 1.807) is 11.1 Å². The molecule has 1 N–H and O–H groups in total. The van der Waals surface area contributed by atoms with E-state index in [1.165, 1.54) is 56.6 Å². The van der Waals surface area contributed by atoms with Crippen LogP contribution in [0.25, 0.3) is 0 Å². The maximum atomic E-state index is 3.71. The molecular weight excluding hydrogens is 314 g/mol. The number of nitrogens with zero attached hydrogens (tertiary/aromatic N) is 2. The molecule has 0 bridgehead atoms. The fourth-order valence-electron chi connectivity index (χ4n) is 3.91. The van der Waals surface area contributed by atoms with Crippen LogP contribution in [0, 0.1) is 0 Å². The molecule has 0 spiro atoms. The van der Waals surface area contributed by atoms with Crippen molar-refractivity contribution in [3.05, 3.63) is 33.8 Å². The van der Waals surface area contributed by atoms with Gasteiger partial charge in [-0.1, -0.05) is 28.1 Å². The van der Waals surface area contributed by atoms with Crippen molar-refractivity contribution in [2.24, 2.45) is 0 Å². The summed E-state index contributed by atoms with van der Waals surface area (Å²) < 4.78 is 1.30. The van der Waals surface area contributed by atoms with Crippen LogP contribution in [0.4, 0.5) is 0 Å². The predicted octanol–water partition coefficient (Wildman–Crippen LogP) is 2.03. The van der Waals surface area contributed by atoms with Crippen molar-refractivity contribution in [1.82, 2.24) is 15.1 Å². The van der Waals surface area contributed by atoms with Gasteiger partial charge in [-0.3, -0.25) is 9.80 Å². The lowest BCUT2D eigenvalue weighted by atomic mass is 10.0. The van der Waals surface area contributed by atoms with Crippen molar-refractivity contribution < 1.29 is 0 Å². The van der Waals surface area contributed by atoms with Gasteiger partial charge >= 0.3 is 0 Å². The summed E-state index contributed by atoms with van der Waals surface area (Å²) in [5, 5.41) is 3.38. The molecule has 0 amide bonds. The Kier molecular flexibility index (Phi) is 3.59. The van der Waals surface area contributed by atoms with Gasteiger partial charge in [0.15, 0.2) is 0 Å². The molecule has 0 saturated carbocycles. The van der Waals surface area contributed by atoms with E-state index in [9.17, 15) is 0 Å². The van der Waals surface area contributed by atoms with Gasteiger partial charge < -0.3 is 5.32 Å². The summed E-state index contributed by atoms with van der Waals surface area (Å²) in [7, 11) is 0. The molecular formula is C16H22BrN3. The molecule has 4 heteroatoms. The molecule has 1 aromatic carbocycles. The highest BCUT2D eigenvalue weighted by Gasteiger charge is 2.33. The van der Waals surface area contributed by atoms with Crippen LogP contribution in [0.5, 0.6) is 0 Å². The van der Waals surface area contributed by atoms with Crippen LogP contribution in [0.1, 0.15) is 23.6 Å². The van der Waals surface area contributed by atoms with Crippen LogP contribution in [0.3, 0.4) is 0 Å². The van der Waals surface area contributed by atoms with E-state index in [-0.39, 0.29) is 0 Å². The summed E-state index contributed by atoms with van der Waals surface area (Å²) >= 11 is 3.71. The minimum absolute atomic E-state index is 0.657. The van der Waals surface area contributed by atoms with E-state index in [1.807, 2.05) is 0 Å². The van der Waals surface area contributed by atoms with Crippen LogP contribution >= 0.6 is 15.9 Å². The molecule has 1 unspecified atom stereocenters. The van der Waals surface area contributed by atoms with Gasteiger partial charge in [0.05, 0.1) is 0 Å². The van der Waals surface area contributed by atoms with E-state index >= 15 is 0 Å². The topological polar surface area (TPSA) is 18.5 Å². The second kappa shape index (κ2) is 5.41. The normalized spacial score (nSPS) is 28.4. The molecule has 2 aliphatic heterocycles. The molecule has 1 aliphatic carbocycles. The Morgan fingerprint density at radius 1 is 1.05 bits per heavy atom. The molecule has 20 heavy (non-hydrogen) atoms. The van der Waals surface area contributed by atoms with Gasteiger partial charge in [-0.25, -0.2) is 0 Å². The Labute approximate surface area is 129 Å². The second-order valence-electron chi connectivity index (χ2n) is 6.25. The molecule has 2 saturated heterocycles. The van der Waals surface area contributed by atoms with E-state index < -0.39 is 0 Å². The third-order valence-corrected chi connectivity index (χ3v) is 5.99. The number of hydrogen-bond donors (Lipinski definition) is 1. The summed E-state index contributed by atoms with van der Waals surface area (Å²) in [6, 6.07) is 8.17. The maximum absolute atomic E-state index is 3.71. The van der Waals surface area contributed by atoms with E-state index in [0.717, 1.165) is 6.04 Å². The van der Waals surface area contributed by atoms with Crippen LogP contribution < -0.4 is 5.32 Å². The zero-order valence-electron chi connectivity index (χ0n) is 11.8. The van der Waals surface area contributed by atoms with Gasteiger partial charge in [0.25, 0.3) is 0 Å². The molecule has 1 aromatic rings. The number of piperazine rings is 1. The monoisotopic (exact) mass is 335 g/mol. The van der Waals surface area contributed by atoms with Gasteiger partial charge in [-0.05, 0) is 30.0 Å². The van der Waals surface area contributed by atoms with E-state index in [2.05, 4.69) is 49.2 Å². The summed E-state index contributed by atoms with van der Waals surface area (Å²) in [5.41, 5.74) is 3.11. The standard InChI is InChI=1S/C16H22BrN3/c17-15-3-1-2-14-13(15)4-5-16(14)20-8-6-19(7-9-20)12-10-18-11-12/h1-3,12,16,18H,4-11H2. The molecule has 2 fully saturated rings. The minimum Gasteiger partial charge on any atom is -0.314 e. The quantitative estimate of drug-likeness (QED) is 0.892. The molecule has 3 nitrogen and oxygen atoms in total. The Balaban J connectivity index is 1.44. The molecule has 0 aromatic heterocycles. The van der Waals surface area contributed by atoms with Crippen LogP contribution in [0.2, 0.25) is 0 Å². The largest absolute Gasteiger partial charge is 0.314 e. The lowest BCUT2D eigenvalue weighted by Crippen LogP contribution is -2.61. The number of benzene rings is 1. The number of hydrogen-bond acceptors (Lipinski definition) is 3. The van der Waals surface area contributed by atoms with Crippen LogP contribution in [-0.2, 0) is 6.42 Å². The number of rotatable bonds is 2. The van der Waals surface area contributed by atoms with Crippen LogP contribution in [-0.4, -0.2) is 55.1 Å². The first kappa shape index (κ1) is 13.3. The molecule has 0 radical (unpaired) electrons. The number of fused-ring (bicyclic) bond motifs is 1. The SMILES string of the molecule is Brc1cccc2c1CCC2N1CCN(C2CNC2)CC1. The Bertz CT molecular complexity index is 492. The minimum atomic E-state index is 0.657. The third kappa shape index (κ3) is 2.23. The van der Waals surface area contributed by atoms with Gasteiger partial charge in [0.1, 0.15) is 0 Å². The fraction of sp³-hybridized carbons (Fsp3) is 0.625. The van der Waals surface area contributed by atoms with Crippen molar-refractivity contribution >= 4 is 15.9 Å². The van der Waals surface area contributed by atoms with Crippen molar-refractivity contribution in [2.75, 3.05) is 39.3 Å². The maximum Gasteiger partial charge on any atom is 0.0355 e. The molecule has 1 atom stereocenters. The van der Waals surface area contributed by atoms with Crippen molar-refractivity contribution in [1.29, 1.82) is 0 Å². The van der Waals surface area contributed by atoms with Crippen molar-refractivity contribution in [2.45, 2.75) is 24.9 Å². The van der Waals surface area contributed by atoms with Gasteiger partial charge in [0, 0.05) is 55.8 Å². The lowest BCUT2D eigenvalue weighted by Gasteiger charge is -2.44. The number of nitrogens with one attached hydrogen (secondary N) is 1. The summed E-state index contributed by atoms with van der Waals surface area (Å²) in [5.74, 6) is 0. The van der Waals surface area contributed by atoms with Gasteiger partial charge in [-0.15, -0.1) is 0 Å². The highest BCUT2D eigenvalue weighted by Crippen LogP contribution is 2.39. The Hall–Kier alpha value is -0.420. The van der Waals surface area contributed by atoms with Gasteiger partial charge in [-0.2, -0.15) is 0 Å². The zero-order valence-corrected chi connectivity index (χ0v) is 13.4. The first-order valence-electron chi connectivity index (χ1n) is 7.79. The van der Waals surface area contributed by atoms with Crippen molar-refractivity contribution in [3.8, 4) is 0 Å². The van der Waals surface area contributed by atoms with Crippen molar-refractivity contribution in [3.63, 3.8) is 0 Å². The average molecular weight is 336 g/mol.